The molecule has 3 aromatic rings. The van der Waals surface area contributed by atoms with Crippen LogP contribution in [0.5, 0.6) is 0 Å². The molecule has 5 heteroatoms. The van der Waals surface area contributed by atoms with Crippen LogP contribution >= 0.6 is 0 Å². The SMILES string of the molecule is Cc1ccc2oc(-c3ccccc3NC(=O)OCC(C)C)nc2c1. The predicted molar refractivity (Wildman–Crippen MR) is 94.0 cm³/mol. The molecular formula is C19H20N2O3. The van der Waals surface area contributed by atoms with Crippen molar-refractivity contribution in [2.45, 2.75) is 20.8 Å². The van der Waals surface area contributed by atoms with E-state index in [9.17, 15) is 4.79 Å². The zero-order chi connectivity index (χ0) is 17.1. The van der Waals surface area contributed by atoms with E-state index in [1.807, 2.05) is 57.2 Å². The number of carbonyl (C=O) groups is 1. The molecule has 124 valence electrons. The molecule has 3 rings (SSSR count). The van der Waals surface area contributed by atoms with Gasteiger partial charge < -0.3 is 9.15 Å². The van der Waals surface area contributed by atoms with Gasteiger partial charge in [0.15, 0.2) is 5.58 Å². The molecule has 5 nitrogen and oxygen atoms in total. The molecular weight excluding hydrogens is 304 g/mol. The van der Waals surface area contributed by atoms with Crippen molar-refractivity contribution in [3.8, 4) is 11.5 Å². The maximum absolute atomic E-state index is 11.9. The molecule has 1 amide bonds. The van der Waals surface area contributed by atoms with Gasteiger partial charge in [-0.3, -0.25) is 5.32 Å². The summed E-state index contributed by atoms with van der Waals surface area (Å²) in [6.45, 7) is 6.35. The van der Waals surface area contributed by atoms with Crippen LogP contribution in [0.25, 0.3) is 22.6 Å². The van der Waals surface area contributed by atoms with Gasteiger partial charge >= 0.3 is 6.09 Å². The molecule has 0 saturated heterocycles. The van der Waals surface area contributed by atoms with E-state index in [0.29, 0.717) is 29.3 Å². The summed E-state index contributed by atoms with van der Waals surface area (Å²) in [6.07, 6.45) is -0.483. The standard InChI is InChI=1S/C19H20N2O3/c1-12(2)11-23-19(22)21-15-7-5-4-6-14(15)18-20-16-10-13(3)8-9-17(16)24-18/h4-10,12H,11H2,1-3H3,(H,21,22). The monoisotopic (exact) mass is 324 g/mol. The average Bonchev–Trinajstić information content (AvgIpc) is 2.96. The largest absolute Gasteiger partial charge is 0.449 e. The lowest BCUT2D eigenvalue weighted by Gasteiger charge is -2.10. The van der Waals surface area contributed by atoms with Crippen molar-refractivity contribution in [3.05, 3.63) is 48.0 Å². The molecule has 0 aliphatic carbocycles. The molecule has 0 saturated carbocycles. The van der Waals surface area contributed by atoms with Crippen LogP contribution in [0, 0.1) is 12.8 Å². The van der Waals surface area contributed by atoms with Crippen LogP contribution in [0.15, 0.2) is 46.9 Å². The number of aromatic nitrogens is 1. The zero-order valence-corrected chi connectivity index (χ0v) is 14.0. The van der Waals surface area contributed by atoms with E-state index >= 15 is 0 Å². The highest BCUT2D eigenvalue weighted by Gasteiger charge is 2.14. The Hall–Kier alpha value is -2.82. The van der Waals surface area contributed by atoms with Gasteiger partial charge in [-0.05, 0) is 42.7 Å². The number of benzene rings is 2. The van der Waals surface area contributed by atoms with Gasteiger partial charge in [-0.1, -0.05) is 32.0 Å². The summed E-state index contributed by atoms with van der Waals surface area (Å²) in [5, 5.41) is 2.76. The van der Waals surface area contributed by atoms with Gasteiger partial charge in [0.25, 0.3) is 0 Å². The Morgan fingerprint density at radius 1 is 1.25 bits per heavy atom. The third kappa shape index (κ3) is 3.56. The Labute approximate surface area is 140 Å². The number of fused-ring (bicyclic) bond motifs is 1. The second-order valence-electron chi connectivity index (χ2n) is 6.15. The summed E-state index contributed by atoms with van der Waals surface area (Å²) >= 11 is 0. The van der Waals surface area contributed by atoms with E-state index in [4.69, 9.17) is 9.15 Å². The van der Waals surface area contributed by atoms with Crippen LogP contribution in [-0.2, 0) is 4.74 Å². The first-order valence-corrected chi connectivity index (χ1v) is 7.93. The fraction of sp³-hybridized carbons (Fsp3) is 0.263. The van der Waals surface area contributed by atoms with Crippen molar-refractivity contribution in [3.63, 3.8) is 0 Å². The summed E-state index contributed by atoms with van der Waals surface area (Å²) in [5.41, 5.74) is 3.95. The number of aryl methyl sites for hydroxylation is 1. The Morgan fingerprint density at radius 2 is 2.04 bits per heavy atom. The minimum Gasteiger partial charge on any atom is -0.449 e. The van der Waals surface area contributed by atoms with Crippen molar-refractivity contribution in [1.82, 2.24) is 4.98 Å². The van der Waals surface area contributed by atoms with Crippen LogP contribution in [0.2, 0.25) is 0 Å². The van der Waals surface area contributed by atoms with E-state index in [-0.39, 0.29) is 5.92 Å². The van der Waals surface area contributed by atoms with E-state index in [2.05, 4.69) is 10.3 Å². The van der Waals surface area contributed by atoms with Crippen LogP contribution in [0.1, 0.15) is 19.4 Å². The summed E-state index contributed by atoms with van der Waals surface area (Å²) in [7, 11) is 0. The van der Waals surface area contributed by atoms with Gasteiger partial charge in [-0.25, -0.2) is 9.78 Å². The number of para-hydroxylation sites is 1. The van der Waals surface area contributed by atoms with Gasteiger partial charge in [0.1, 0.15) is 5.52 Å². The Balaban J connectivity index is 1.89. The number of oxazole rings is 1. The molecule has 0 bridgehead atoms. The van der Waals surface area contributed by atoms with E-state index in [1.165, 1.54) is 0 Å². The molecule has 0 fully saturated rings. The predicted octanol–water partition coefficient (Wildman–Crippen LogP) is 5.01. The van der Waals surface area contributed by atoms with Gasteiger partial charge in [0.05, 0.1) is 17.9 Å². The molecule has 0 radical (unpaired) electrons. The maximum atomic E-state index is 11.9. The molecule has 0 unspecified atom stereocenters. The molecule has 1 heterocycles. The van der Waals surface area contributed by atoms with Crippen molar-refractivity contribution in [2.75, 3.05) is 11.9 Å². The maximum Gasteiger partial charge on any atom is 0.411 e. The molecule has 1 aromatic heterocycles. The lowest BCUT2D eigenvalue weighted by molar-refractivity contribution is 0.147. The van der Waals surface area contributed by atoms with Gasteiger partial charge in [-0.2, -0.15) is 0 Å². The summed E-state index contributed by atoms with van der Waals surface area (Å²) in [4.78, 5) is 16.5. The third-order valence-corrected chi connectivity index (χ3v) is 3.49. The fourth-order valence-corrected chi connectivity index (χ4v) is 2.32. The van der Waals surface area contributed by atoms with Gasteiger partial charge in [0.2, 0.25) is 5.89 Å². The number of ether oxygens (including phenoxy) is 1. The lowest BCUT2D eigenvalue weighted by Crippen LogP contribution is -2.17. The van der Waals surface area contributed by atoms with Crippen LogP contribution < -0.4 is 5.32 Å². The number of carbonyl (C=O) groups excluding carboxylic acids is 1. The Morgan fingerprint density at radius 3 is 2.83 bits per heavy atom. The number of nitrogens with zero attached hydrogens (tertiary/aromatic N) is 1. The first kappa shape index (κ1) is 16.1. The van der Waals surface area contributed by atoms with Gasteiger partial charge in [0, 0.05) is 0 Å². The topological polar surface area (TPSA) is 64.4 Å². The summed E-state index contributed by atoms with van der Waals surface area (Å²) < 4.78 is 11.0. The van der Waals surface area contributed by atoms with E-state index in [1.54, 1.807) is 6.07 Å². The first-order chi connectivity index (χ1) is 11.5. The smallest absolute Gasteiger partial charge is 0.411 e. The normalized spacial score (nSPS) is 11.0. The fourth-order valence-electron chi connectivity index (χ4n) is 2.32. The average molecular weight is 324 g/mol. The van der Waals surface area contributed by atoms with Crippen molar-refractivity contribution >= 4 is 22.9 Å². The Kier molecular flexibility index (Phi) is 4.51. The molecule has 24 heavy (non-hydrogen) atoms. The van der Waals surface area contributed by atoms with Crippen molar-refractivity contribution in [1.29, 1.82) is 0 Å². The molecule has 2 aromatic carbocycles. The second kappa shape index (κ2) is 6.74. The summed E-state index contributed by atoms with van der Waals surface area (Å²) in [5.74, 6) is 0.752. The lowest BCUT2D eigenvalue weighted by atomic mass is 10.2. The summed E-state index contributed by atoms with van der Waals surface area (Å²) in [6, 6.07) is 13.2. The number of anilines is 1. The van der Waals surface area contributed by atoms with Crippen molar-refractivity contribution < 1.29 is 13.9 Å². The Bertz CT molecular complexity index is 868. The number of nitrogens with one attached hydrogen (secondary N) is 1. The number of hydrogen-bond donors (Lipinski definition) is 1. The van der Waals surface area contributed by atoms with Gasteiger partial charge in [-0.15, -0.1) is 0 Å². The molecule has 0 aliphatic rings. The molecule has 0 atom stereocenters. The second-order valence-corrected chi connectivity index (χ2v) is 6.15. The van der Waals surface area contributed by atoms with E-state index < -0.39 is 6.09 Å². The number of amides is 1. The number of rotatable bonds is 4. The van der Waals surface area contributed by atoms with Crippen molar-refractivity contribution in [2.24, 2.45) is 5.92 Å². The zero-order valence-electron chi connectivity index (χ0n) is 14.0. The molecule has 1 N–H and O–H groups in total. The highest BCUT2D eigenvalue weighted by Crippen LogP contribution is 2.30. The van der Waals surface area contributed by atoms with Crippen LogP contribution in [-0.4, -0.2) is 17.7 Å². The molecule has 0 spiro atoms. The molecule has 0 aliphatic heterocycles. The first-order valence-electron chi connectivity index (χ1n) is 7.93. The minimum atomic E-state index is -0.483. The number of hydrogen-bond acceptors (Lipinski definition) is 4. The third-order valence-electron chi connectivity index (χ3n) is 3.49. The van der Waals surface area contributed by atoms with Crippen LogP contribution in [0.3, 0.4) is 0 Å². The highest BCUT2D eigenvalue weighted by atomic mass is 16.5. The van der Waals surface area contributed by atoms with Crippen LogP contribution in [0.4, 0.5) is 10.5 Å². The highest BCUT2D eigenvalue weighted by molar-refractivity contribution is 5.91. The van der Waals surface area contributed by atoms with E-state index in [0.717, 1.165) is 11.1 Å². The minimum absolute atomic E-state index is 0.284. The quantitative estimate of drug-likeness (QED) is 0.733.